The Balaban J connectivity index is 2.08. The summed E-state index contributed by atoms with van der Waals surface area (Å²) in [5.41, 5.74) is 6.81. The number of hydrogen-bond acceptors (Lipinski definition) is 3. The average molecular weight is 239 g/mol. The van der Waals surface area contributed by atoms with Crippen molar-refractivity contribution in [2.75, 3.05) is 7.05 Å². The van der Waals surface area contributed by atoms with Crippen LogP contribution in [0, 0.1) is 17.3 Å². The molecule has 3 heteroatoms. The first-order chi connectivity index (χ1) is 8.02. The van der Waals surface area contributed by atoms with Crippen LogP contribution in [0.3, 0.4) is 0 Å². The molecule has 2 fully saturated rings. The standard InChI is InChI=1S/C14H29N3/c1-4-11(10(2)15)13(17(3)16)12-9-14(12)7-5-6-8-14/h10-13H,4-9,15-16H2,1-3H3. The molecule has 2 aliphatic rings. The van der Waals surface area contributed by atoms with Crippen LogP contribution in [0.5, 0.6) is 0 Å². The highest BCUT2D eigenvalue weighted by molar-refractivity contribution is 5.10. The Hall–Kier alpha value is -0.120. The van der Waals surface area contributed by atoms with Gasteiger partial charge in [-0.2, -0.15) is 0 Å². The van der Waals surface area contributed by atoms with Gasteiger partial charge in [0.05, 0.1) is 0 Å². The maximum absolute atomic E-state index is 6.16. The van der Waals surface area contributed by atoms with Gasteiger partial charge in [-0.05, 0) is 43.4 Å². The second kappa shape index (κ2) is 4.87. The predicted octanol–water partition coefficient (Wildman–Crippen LogP) is 2.11. The van der Waals surface area contributed by atoms with E-state index in [4.69, 9.17) is 11.6 Å². The third-order valence-electron chi connectivity index (χ3n) is 5.32. The van der Waals surface area contributed by atoms with Gasteiger partial charge in [0.2, 0.25) is 0 Å². The Morgan fingerprint density at radius 1 is 1.35 bits per heavy atom. The van der Waals surface area contributed by atoms with Crippen molar-refractivity contribution in [2.24, 2.45) is 28.8 Å². The Bertz CT molecular complexity index is 256. The molecule has 2 saturated carbocycles. The largest absolute Gasteiger partial charge is 0.328 e. The van der Waals surface area contributed by atoms with Gasteiger partial charge in [-0.25, -0.2) is 5.01 Å². The Morgan fingerprint density at radius 3 is 2.35 bits per heavy atom. The quantitative estimate of drug-likeness (QED) is 0.571. The molecular weight excluding hydrogens is 210 g/mol. The maximum Gasteiger partial charge on any atom is 0.0314 e. The number of hydrogen-bond donors (Lipinski definition) is 2. The van der Waals surface area contributed by atoms with Crippen LogP contribution in [0.4, 0.5) is 0 Å². The van der Waals surface area contributed by atoms with Crippen molar-refractivity contribution < 1.29 is 0 Å². The summed E-state index contributed by atoms with van der Waals surface area (Å²) in [6.07, 6.45) is 8.23. The fourth-order valence-electron chi connectivity index (χ4n) is 4.32. The van der Waals surface area contributed by atoms with Gasteiger partial charge in [0.25, 0.3) is 0 Å². The van der Waals surface area contributed by atoms with Crippen molar-refractivity contribution in [1.29, 1.82) is 0 Å². The SMILES string of the molecule is CCC(C(C)N)C(C1CC12CCCC2)N(C)N. The summed E-state index contributed by atoms with van der Waals surface area (Å²) in [6.45, 7) is 4.38. The van der Waals surface area contributed by atoms with Crippen LogP contribution in [-0.4, -0.2) is 24.1 Å². The van der Waals surface area contributed by atoms with Gasteiger partial charge < -0.3 is 5.73 Å². The lowest BCUT2D eigenvalue weighted by Gasteiger charge is -2.35. The van der Waals surface area contributed by atoms with E-state index in [1.54, 1.807) is 0 Å². The molecular formula is C14H29N3. The molecule has 0 aromatic heterocycles. The van der Waals surface area contributed by atoms with E-state index in [2.05, 4.69) is 13.8 Å². The van der Waals surface area contributed by atoms with Gasteiger partial charge in [0.1, 0.15) is 0 Å². The predicted molar refractivity (Wildman–Crippen MR) is 72.2 cm³/mol. The van der Waals surface area contributed by atoms with Crippen LogP contribution in [-0.2, 0) is 0 Å². The normalized spacial score (nSPS) is 31.8. The van der Waals surface area contributed by atoms with Crippen LogP contribution >= 0.6 is 0 Å². The van der Waals surface area contributed by atoms with E-state index < -0.39 is 0 Å². The first-order valence-electron chi connectivity index (χ1n) is 7.25. The van der Waals surface area contributed by atoms with Crippen molar-refractivity contribution in [3.63, 3.8) is 0 Å². The molecule has 100 valence electrons. The second-order valence-electron chi connectivity index (χ2n) is 6.47. The molecule has 4 unspecified atom stereocenters. The zero-order valence-corrected chi connectivity index (χ0v) is 11.7. The van der Waals surface area contributed by atoms with Crippen LogP contribution in [0.1, 0.15) is 52.4 Å². The molecule has 0 bridgehead atoms. The molecule has 0 aromatic carbocycles. The summed E-state index contributed by atoms with van der Waals surface area (Å²) in [5, 5.41) is 1.95. The van der Waals surface area contributed by atoms with E-state index in [-0.39, 0.29) is 6.04 Å². The topological polar surface area (TPSA) is 55.3 Å². The molecule has 0 radical (unpaired) electrons. The van der Waals surface area contributed by atoms with Gasteiger partial charge >= 0.3 is 0 Å². The minimum absolute atomic E-state index is 0.245. The molecule has 0 amide bonds. The van der Waals surface area contributed by atoms with Crippen LogP contribution < -0.4 is 11.6 Å². The van der Waals surface area contributed by atoms with Crippen molar-refractivity contribution in [1.82, 2.24) is 5.01 Å². The summed E-state index contributed by atoms with van der Waals surface area (Å²) in [7, 11) is 2.02. The summed E-state index contributed by atoms with van der Waals surface area (Å²) in [6, 6.07) is 0.730. The van der Waals surface area contributed by atoms with Gasteiger partial charge in [-0.1, -0.05) is 26.2 Å². The van der Waals surface area contributed by atoms with E-state index in [0.29, 0.717) is 17.4 Å². The molecule has 4 atom stereocenters. The molecule has 0 aromatic rings. The van der Waals surface area contributed by atoms with E-state index >= 15 is 0 Å². The highest BCUT2D eigenvalue weighted by Gasteiger charge is 2.59. The highest BCUT2D eigenvalue weighted by Crippen LogP contribution is 2.65. The van der Waals surface area contributed by atoms with E-state index in [1.807, 2.05) is 12.1 Å². The number of nitrogens with two attached hydrogens (primary N) is 2. The highest BCUT2D eigenvalue weighted by atomic mass is 15.4. The fraction of sp³-hybridized carbons (Fsp3) is 1.00. The molecule has 0 saturated heterocycles. The Labute approximate surface area is 106 Å². The summed E-state index contributed by atoms with van der Waals surface area (Å²) < 4.78 is 0. The fourth-order valence-corrected chi connectivity index (χ4v) is 4.32. The lowest BCUT2D eigenvalue weighted by atomic mass is 9.84. The zero-order valence-electron chi connectivity index (χ0n) is 11.7. The van der Waals surface area contributed by atoms with Crippen molar-refractivity contribution in [3.8, 4) is 0 Å². The van der Waals surface area contributed by atoms with E-state index in [9.17, 15) is 0 Å². The van der Waals surface area contributed by atoms with Crippen molar-refractivity contribution in [2.45, 2.75) is 64.5 Å². The minimum Gasteiger partial charge on any atom is -0.328 e. The van der Waals surface area contributed by atoms with E-state index in [0.717, 1.165) is 12.3 Å². The lowest BCUT2D eigenvalue weighted by Crippen LogP contribution is -2.50. The number of hydrazine groups is 1. The number of nitrogens with zero attached hydrogens (tertiary/aromatic N) is 1. The van der Waals surface area contributed by atoms with Crippen molar-refractivity contribution in [3.05, 3.63) is 0 Å². The van der Waals surface area contributed by atoms with Gasteiger partial charge in [0.15, 0.2) is 0 Å². The third kappa shape index (κ3) is 2.38. The van der Waals surface area contributed by atoms with E-state index in [1.165, 1.54) is 32.1 Å². The van der Waals surface area contributed by atoms with Crippen molar-refractivity contribution >= 4 is 0 Å². The molecule has 2 rings (SSSR count). The second-order valence-corrected chi connectivity index (χ2v) is 6.47. The molecule has 2 aliphatic carbocycles. The van der Waals surface area contributed by atoms with Gasteiger partial charge in [0, 0.05) is 19.1 Å². The summed E-state index contributed by atoms with van der Waals surface area (Å²) in [4.78, 5) is 0. The molecule has 0 heterocycles. The molecule has 3 nitrogen and oxygen atoms in total. The summed E-state index contributed by atoms with van der Waals surface area (Å²) >= 11 is 0. The smallest absolute Gasteiger partial charge is 0.0314 e. The first kappa shape index (κ1) is 13.3. The molecule has 1 spiro atoms. The molecule has 17 heavy (non-hydrogen) atoms. The summed E-state index contributed by atoms with van der Waals surface area (Å²) in [5.74, 6) is 7.46. The Kier molecular flexibility index (Phi) is 3.81. The number of rotatable bonds is 5. The average Bonchev–Trinajstić information content (AvgIpc) is 2.70. The monoisotopic (exact) mass is 239 g/mol. The van der Waals surface area contributed by atoms with Crippen LogP contribution in [0.25, 0.3) is 0 Å². The first-order valence-corrected chi connectivity index (χ1v) is 7.25. The van der Waals surface area contributed by atoms with Crippen LogP contribution in [0.2, 0.25) is 0 Å². The maximum atomic E-state index is 6.16. The van der Waals surface area contributed by atoms with Crippen LogP contribution in [0.15, 0.2) is 0 Å². The zero-order chi connectivity index (χ0) is 12.6. The Morgan fingerprint density at radius 2 is 1.94 bits per heavy atom. The lowest BCUT2D eigenvalue weighted by molar-refractivity contribution is 0.120. The minimum atomic E-state index is 0.245. The molecule has 4 N–H and O–H groups in total. The molecule has 0 aliphatic heterocycles. The third-order valence-corrected chi connectivity index (χ3v) is 5.32. The van der Waals surface area contributed by atoms with Gasteiger partial charge in [-0.3, -0.25) is 5.84 Å². The van der Waals surface area contributed by atoms with Gasteiger partial charge in [-0.15, -0.1) is 0 Å².